The van der Waals surface area contributed by atoms with Crippen LogP contribution >= 0.6 is 0 Å². The summed E-state index contributed by atoms with van der Waals surface area (Å²) in [6, 6.07) is 2.84. The molecule has 108 valence electrons. The summed E-state index contributed by atoms with van der Waals surface area (Å²) in [6.45, 7) is 2.17. The summed E-state index contributed by atoms with van der Waals surface area (Å²) in [5, 5.41) is 8.79. The van der Waals surface area contributed by atoms with Gasteiger partial charge in [-0.25, -0.2) is 4.79 Å². The Balaban J connectivity index is 1.96. The number of aromatic nitrogens is 1. The van der Waals surface area contributed by atoms with Gasteiger partial charge in [-0.3, -0.25) is 9.78 Å². The van der Waals surface area contributed by atoms with Gasteiger partial charge in [0, 0.05) is 33.0 Å². The van der Waals surface area contributed by atoms with Crippen molar-refractivity contribution < 1.29 is 19.4 Å². The molecular weight excluding hydrogens is 260 g/mol. The van der Waals surface area contributed by atoms with E-state index in [4.69, 9.17) is 9.84 Å². The molecule has 2 rings (SSSR count). The van der Waals surface area contributed by atoms with E-state index in [2.05, 4.69) is 4.98 Å². The zero-order valence-corrected chi connectivity index (χ0v) is 11.4. The topological polar surface area (TPSA) is 79.7 Å². The molecule has 0 spiro atoms. The first-order valence-corrected chi connectivity index (χ1v) is 6.60. The van der Waals surface area contributed by atoms with E-state index >= 15 is 0 Å². The van der Waals surface area contributed by atoms with Crippen LogP contribution in [0.25, 0.3) is 0 Å². The number of pyridine rings is 1. The standard InChI is InChI=1S/C14H18N2O4/c1-16(9-10-4-6-20-7-5-10)13(17)12-3-2-11(8-15-12)14(18)19/h2-3,8,10H,4-7,9H2,1H3,(H,18,19). The molecule has 1 aromatic heterocycles. The highest BCUT2D eigenvalue weighted by molar-refractivity contribution is 5.93. The predicted molar refractivity (Wildman–Crippen MR) is 71.7 cm³/mol. The summed E-state index contributed by atoms with van der Waals surface area (Å²) in [7, 11) is 1.74. The minimum atomic E-state index is -1.05. The van der Waals surface area contributed by atoms with Crippen molar-refractivity contribution in [2.45, 2.75) is 12.8 Å². The van der Waals surface area contributed by atoms with Gasteiger partial charge in [0.25, 0.3) is 5.91 Å². The van der Waals surface area contributed by atoms with Gasteiger partial charge in [0.1, 0.15) is 5.69 Å². The van der Waals surface area contributed by atoms with Crippen LogP contribution in [0.15, 0.2) is 18.3 Å². The number of ether oxygens (including phenoxy) is 1. The maximum atomic E-state index is 12.2. The van der Waals surface area contributed by atoms with Crippen LogP contribution < -0.4 is 0 Å². The summed E-state index contributed by atoms with van der Waals surface area (Å²) in [6.07, 6.45) is 3.13. The quantitative estimate of drug-likeness (QED) is 0.897. The third kappa shape index (κ3) is 3.54. The van der Waals surface area contributed by atoms with E-state index in [1.54, 1.807) is 11.9 Å². The van der Waals surface area contributed by atoms with Gasteiger partial charge in [0.15, 0.2) is 0 Å². The summed E-state index contributed by atoms with van der Waals surface area (Å²) < 4.78 is 5.29. The minimum absolute atomic E-state index is 0.0774. The van der Waals surface area contributed by atoms with Crippen molar-refractivity contribution in [3.05, 3.63) is 29.6 Å². The number of aromatic carboxylic acids is 1. The Morgan fingerprint density at radius 1 is 1.40 bits per heavy atom. The van der Waals surface area contributed by atoms with Gasteiger partial charge in [-0.1, -0.05) is 0 Å². The molecule has 6 nitrogen and oxygen atoms in total. The van der Waals surface area contributed by atoms with Crippen LogP contribution in [0.2, 0.25) is 0 Å². The van der Waals surface area contributed by atoms with Gasteiger partial charge >= 0.3 is 5.97 Å². The molecule has 0 bridgehead atoms. The highest BCUT2D eigenvalue weighted by atomic mass is 16.5. The molecule has 2 heterocycles. The summed E-state index contributed by atoms with van der Waals surface area (Å²) in [5.41, 5.74) is 0.346. The molecule has 0 aliphatic carbocycles. The van der Waals surface area contributed by atoms with Gasteiger partial charge in [0.05, 0.1) is 5.56 Å². The van der Waals surface area contributed by atoms with Gasteiger partial charge in [-0.05, 0) is 30.9 Å². The molecule has 20 heavy (non-hydrogen) atoms. The first-order chi connectivity index (χ1) is 9.58. The lowest BCUT2D eigenvalue weighted by Crippen LogP contribution is -2.34. The molecule has 6 heteroatoms. The summed E-state index contributed by atoms with van der Waals surface area (Å²) >= 11 is 0. The van der Waals surface area contributed by atoms with Gasteiger partial charge in [-0.2, -0.15) is 0 Å². The molecule has 0 saturated carbocycles. The lowest BCUT2D eigenvalue weighted by molar-refractivity contribution is 0.0495. The van der Waals surface area contributed by atoms with Crippen LogP contribution in [0.3, 0.4) is 0 Å². The molecule has 1 saturated heterocycles. The molecular formula is C14H18N2O4. The molecule has 1 fully saturated rings. The minimum Gasteiger partial charge on any atom is -0.478 e. The summed E-state index contributed by atoms with van der Waals surface area (Å²) in [5.74, 6) is -0.781. The first kappa shape index (κ1) is 14.5. The lowest BCUT2D eigenvalue weighted by atomic mass is 10.00. The van der Waals surface area contributed by atoms with Crippen LogP contribution in [0, 0.1) is 5.92 Å². The average Bonchev–Trinajstić information content (AvgIpc) is 2.47. The van der Waals surface area contributed by atoms with Crippen LogP contribution in [-0.2, 0) is 4.74 Å². The monoisotopic (exact) mass is 278 g/mol. The van der Waals surface area contributed by atoms with Crippen molar-refractivity contribution in [1.82, 2.24) is 9.88 Å². The fourth-order valence-electron chi connectivity index (χ4n) is 2.24. The van der Waals surface area contributed by atoms with Crippen molar-refractivity contribution >= 4 is 11.9 Å². The van der Waals surface area contributed by atoms with E-state index < -0.39 is 5.97 Å². The van der Waals surface area contributed by atoms with E-state index in [-0.39, 0.29) is 17.2 Å². The number of nitrogens with zero attached hydrogens (tertiary/aromatic N) is 2. The first-order valence-electron chi connectivity index (χ1n) is 6.60. The molecule has 0 radical (unpaired) electrons. The number of carbonyl (C=O) groups excluding carboxylic acids is 1. The normalized spacial score (nSPS) is 15.8. The Hall–Kier alpha value is -1.95. The number of rotatable bonds is 4. The SMILES string of the molecule is CN(CC1CCOCC1)C(=O)c1ccc(C(=O)O)cn1. The fourth-order valence-corrected chi connectivity index (χ4v) is 2.24. The van der Waals surface area contributed by atoms with Crippen molar-refractivity contribution in [2.24, 2.45) is 5.92 Å². The van der Waals surface area contributed by atoms with Crippen LogP contribution in [-0.4, -0.2) is 53.7 Å². The van der Waals surface area contributed by atoms with Crippen LogP contribution in [0.1, 0.15) is 33.7 Å². The fraction of sp³-hybridized carbons (Fsp3) is 0.500. The Morgan fingerprint density at radius 2 is 2.10 bits per heavy atom. The molecule has 1 aliphatic rings. The van der Waals surface area contributed by atoms with Crippen LogP contribution in [0.5, 0.6) is 0 Å². The van der Waals surface area contributed by atoms with Crippen molar-refractivity contribution in [3.8, 4) is 0 Å². The molecule has 1 amide bonds. The number of hydrogen-bond acceptors (Lipinski definition) is 4. The zero-order chi connectivity index (χ0) is 14.5. The largest absolute Gasteiger partial charge is 0.478 e. The lowest BCUT2D eigenvalue weighted by Gasteiger charge is -2.27. The Morgan fingerprint density at radius 3 is 2.65 bits per heavy atom. The highest BCUT2D eigenvalue weighted by Gasteiger charge is 2.20. The van der Waals surface area contributed by atoms with Crippen LogP contribution in [0.4, 0.5) is 0 Å². The number of carboxylic acids is 1. The zero-order valence-electron chi connectivity index (χ0n) is 11.4. The van der Waals surface area contributed by atoms with Gasteiger partial charge in [0.2, 0.25) is 0 Å². The highest BCUT2D eigenvalue weighted by Crippen LogP contribution is 2.16. The van der Waals surface area contributed by atoms with E-state index in [1.165, 1.54) is 18.3 Å². The number of carbonyl (C=O) groups is 2. The number of amides is 1. The molecule has 0 unspecified atom stereocenters. The predicted octanol–water partition coefficient (Wildman–Crippen LogP) is 1.28. The third-order valence-corrected chi connectivity index (χ3v) is 3.45. The second-order valence-electron chi connectivity index (χ2n) is 4.98. The molecule has 0 aromatic carbocycles. The maximum absolute atomic E-state index is 12.2. The molecule has 1 aromatic rings. The Labute approximate surface area is 117 Å². The smallest absolute Gasteiger partial charge is 0.337 e. The maximum Gasteiger partial charge on any atom is 0.337 e. The summed E-state index contributed by atoms with van der Waals surface area (Å²) in [4.78, 5) is 28.5. The van der Waals surface area contributed by atoms with E-state index in [0.717, 1.165) is 26.1 Å². The number of hydrogen-bond donors (Lipinski definition) is 1. The third-order valence-electron chi connectivity index (χ3n) is 3.45. The van der Waals surface area contributed by atoms with E-state index in [1.807, 2.05) is 0 Å². The van der Waals surface area contributed by atoms with Crippen molar-refractivity contribution in [2.75, 3.05) is 26.8 Å². The van der Waals surface area contributed by atoms with Crippen molar-refractivity contribution in [1.29, 1.82) is 0 Å². The molecule has 1 aliphatic heterocycles. The van der Waals surface area contributed by atoms with Gasteiger partial charge < -0.3 is 14.7 Å². The van der Waals surface area contributed by atoms with E-state index in [9.17, 15) is 9.59 Å². The Kier molecular flexibility index (Phi) is 4.68. The average molecular weight is 278 g/mol. The molecule has 0 atom stereocenters. The van der Waals surface area contributed by atoms with Gasteiger partial charge in [-0.15, -0.1) is 0 Å². The molecule has 1 N–H and O–H groups in total. The van der Waals surface area contributed by atoms with Crippen molar-refractivity contribution in [3.63, 3.8) is 0 Å². The Bertz CT molecular complexity index is 480. The second kappa shape index (κ2) is 6.47. The number of carboxylic acid groups (broad SMARTS) is 1. The second-order valence-corrected chi connectivity index (χ2v) is 4.98. The van der Waals surface area contributed by atoms with E-state index in [0.29, 0.717) is 12.5 Å².